The Balaban J connectivity index is 2.29. The fraction of sp³-hybridized carbons (Fsp3) is 1.00. The monoisotopic (exact) mass is 169 g/mol. The fourth-order valence-corrected chi connectivity index (χ4v) is 1.27. The van der Waals surface area contributed by atoms with Gasteiger partial charge in [-0.2, -0.15) is 0 Å². The van der Waals surface area contributed by atoms with E-state index in [1.165, 1.54) is 0 Å². The molecule has 0 aromatic heterocycles. The molecule has 1 aliphatic carbocycles. The van der Waals surface area contributed by atoms with Crippen LogP contribution in [-0.2, 0) is 4.74 Å². The van der Waals surface area contributed by atoms with Gasteiger partial charge in [0, 0.05) is 6.04 Å². The number of alkyl halides is 3. The number of nitrogens with two attached hydrogens (primary N) is 1. The Labute approximate surface area is 62.5 Å². The lowest BCUT2D eigenvalue weighted by Crippen LogP contribution is -2.23. The Morgan fingerprint density at radius 2 is 1.91 bits per heavy atom. The molecule has 0 saturated heterocycles. The minimum atomic E-state index is -4.51. The summed E-state index contributed by atoms with van der Waals surface area (Å²) in [5.74, 6) is 0. The zero-order valence-electron chi connectivity index (χ0n) is 5.90. The highest BCUT2D eigenvalue weighted by atomic mass is 19.4. The van der Waals surface area contributed by atoms with Gasteiger partial charge in [-0.1, -0.05) is 0 Å². The minimum absolute atomic E-state index is 0.123. The van der Waals surface area contributed by atoms with Crippen molar-refractivity contribution in [3.05, 3.63) is 0 Å². The number of hydrogen-bond donors (Lipinski definition) is 1. The van der Waals surface area contributed by atoms with E-state index in [2.05, 4.69) is 4.74 Å². The molecule has 0 aliphatic heterocycles. The van der Waals surface area contributed by atoms with E-state index in [1.54, 1.807) is 0 Å². The van der Waals surface area contributed by atoms with Crippen molar-refractivity contribution in [1.29, 1.82) is 0 Å². The van der Waals surface area contributed by atoms with Crippen molar-refractivity contribution in [2.24, 2.45) is 5.73 Å². The van der Waals surface area contributed by atoms with E-state index in [0.29, 0.717) is 19.3 Å². The van der Waals surface area contributed by atoms with Crippen molar-refractivity contribution in [3.8, 4) is 0 Å². The molecule has 5 heteroatoms. The van der Waals surface area contributed by atoms with Crippen LogP contribution in [0.5, 0.6) is 0 Å². The average molecular weight is 169 g/mol. The molecule has 66 valence electrons. The van der Waals surface area contributed by atoms with Gasteiger partial charge in [0.25, 0.3) is 0 Å². The maximum absolute atomic E-state index is 11.6. The molecule has 0 spiro atoms. The molecule has 0 amide bonds. The van der Waals surface area contributed by atoms with Crippen LogP contribution >= 0.6 is 0 Å². The van der Waals surface area contributed by atoms with Gasteiger partial charge in [0.2, 0.25) is 0 Å². The second-order valence-corrected chi connectivity index (χ2v) is 2.76. The fourth-order valence-electron chi connectivity index (χ4n) is 1.27. The molecule has 0 unspecified atom stereocenters. The van der Waals surface area contributed by atoms with Gasteiger partial charge in [-0.25, -0.2) is 0 Å². The molecule has 0 radical (unpaired) electrons. The Kier molecular flexibility index (Phi) is 2.39. The molecule has 0 heterocycles. The summed E-state index contributed by atoms with van der Waals surface area (Å²) < 4.78 is 38.5. The third-order valence-electron chi connectivity index (χ3n) is 1.73. The van der Waals surface area contributed by atoms with Gasteiger partial charge >= 0.3 is 6.36 Å². The van der Waals surface area contributed by atoms with Gasteiger partial charge in [0.1, 0.15) is 0 Å². The van der Waals surface area contributed by atoms with Crippen molar-refractivity contribution in [2.75, 3.05) is 0 Å². The van der Waals surface area contributed by atoms with Gasteiger partial charge in [-0.15, -0.1) is 13.2 Å². The zero-order valence-corrected chi connectivity index (χ0v) is 5.90. The predicted octanol–water partition coefficient (Wildman–Crippen LogP) is 1.40. The van der Waals surface area contributed by atoms with Crippen molar-refractivity contribution in [1.82, 2.24) is 0 Å². The topological polar surface area (TPSA) is 35.2 Å². The molecular weight excluding hydrogens is 159 g/mol. The highest BCUT2D eigenvalue weighted by Crippen LogP contribution is 2.27. The smallest absolute Gasteiger partial charge is 0.328 e. The SMILES string of the molecule is N[C@H]1CC[C@@H](OC(F)(F)F)C1. The Morgan fingerprint density at radius 1 is 1.27 bits per heavy atom. The van der Waals surface area contributed by atoms with Crippen LogP contribution in [0.25, 0.3) is 0 Å². The summed E-state index contributed by atoms with van der Waals surface area (Å²) in [6, 6.07) is -0.123. The van der Waals surface area contributed by atoms with Crippen LogP contribution in [0, 0.1) is 0 Å². The van der Waals surface area contributed by atoms with Gasteiger partial charge in [-0.05, 0) is 19.3 Å². The first kappa shape index (κ1) is 8.80. The van der Waals surface area contributed by atoms with Crippen LogP contribution in [0.15, 0.2) is 0 Å². The van der Waals surface area contributed by atoms with E-state index in [1.807, 2.05) is 0 Å². The molecular formula is C6H10F3NO. The van der Waals surface area contributed by atoms with Crippen molar-refractivity contribution >= 4 is 0 Å². The third kappa shape index (κ3) is 3.07. The third-order valence-corrected chi connectivity index (χ3v) is 1.73. The number of hydrogen-bond acceptors (Lipinski definition) is 2. The van der Waals surface area contributed by atoms with E-state index in [4.69, 9.17) is 5.73 Å². The van der Waals surface area contributed by atoms with Crippen LogP contribution < -0.4 is 5.73 Å². The summed E-state index contributed by atoms with van der Waals surface area (Å²) in [6.07, 6.45) is -3.86. The lowest BCUT2D eigenvalue weighted by Gasteiger charge is -2.13. The van der Waals surface area contributed by atoms with E-state index < -0.39 is 12.5 Å². The van der Waals surface area contributed by atoms with E-state index in [9.17, 15) is 13.2 Å². The molecule has 1 fully saturated rings. The van der Waals surface area contributed by atoms with Gasteiger partial charge in [0.05, 0.1) is 6.10 Å². The number of rotatable bonds is 1. The maximum atomic E-state index is 11.6. The minimum Gasteiger partial charge on any atom is -0.328 e. The highest BCUT2D eigenvalue weighted by Gasteiger charge is 2.36. The molecule has 0 bridgehead atoms. The molecule has 11 heavy (non-hydrogen) atoms. The van der Waals surface area contributed by atoms with E-state index in [0.717, 1.165) is 0 Å². The van der Waals surface area contributed by atoms with E-state index >= 15 is 0 Å². The quantitative estimate of drug-likeness (QED) is 0.644. The van der Waals surface area contributed by atoms with Crippen LogP contribution in [0.2, 0.25) is 0 Å². The van der Waals surface area contributed by atoms with Crippen LogP contribution in [-0.4, -0.2) is 18.5 Å². The zero-order chi connectivity index (χ0) is 8.48. The first-order valence-electron chi connectivity index (χ1n) is 3.47. The summed E-state index contributed by atoms with van der Waals surface area (Å²) in [5, 5.41) is 0. The molecule has 2 nitrogen and oxygen atoms in total. The maximum Gasteiger partial charge on any atom is 0.522 e. The van der Waals surface area contributed by atoms with Crippen molar-refractivity contribution in [3.63, 3.8) is 0 Å². The van der Waals surface area contributed by atoms with Crippen LogP contribution in [0.4, 0.5) is 13.2 Å². The van der Waals surface area contributed by atoms with Gasteiger partial charge < -0.3 is 5.73 Å². The molecule has 2 N–H and O–H groups in total. The molecule has 0 aromatic carbocycles. The second kappa shape index (κ2) is 2.98. The number of halogens is 3. The highest BCUT2D eigenvalue weighted by molar-refractivity contribution is 4.78. The van der Waals surface area contributed by atoms with Crippen molar-refractivity contribution in [2.45, 2.75) is 37.8 Å². The first-order valence-corrected chi connectivity index (χ1v) is 3.47. The Morgan fingerprint density at radius 3 is 2.27 bits per heavy atom. The lowest BCUT2D eigenvalue weighted by molar-refractivity contribution is -0.341. The average Bonchev–Trinajstić information content (AvgIpc) is 2.10. The van der Waals surface area contributed by atoms with Gasteiger partial charge in [0.15, 0.2) is 0 Å². The van der Waals surface area contributed by atoms with E-state index in [-0.39, 0.29) is 6.04 Å². The second-order valence-electron chi connectivity index (χ2n) is 2.76. The largest absolute Gasteiger partial charge is 0.522 e. The van der Waals surface area contributed by atoms with Gasteiger partial charge in [-0.3, -0.25) is 4.74 Å². The summed E-state index contributed by atoms with van der Waals surface area (Å²) in [6.45, 7) is 0. The molecule has 2 atom stereocenters. The standard InChI is InChI=1S/C6H10F3NO/c7-6(8,9)11-5-2-1-4(10)3-5/h4-5H,1-3,10H2/t4-,5+/m0/s1. The molecule has 0 aromatic rings. The number of ether oxygens (including phenoxy) is 1. The predicted molar refractivity (Wildman–Crippen MR) is 32.8 cm³/mol. The lowest BCUT2D eigenvalue weighted by atomic mass is 10.3. The Bertz CT molecular complexity index is 136. The summed E-state index contributed by atoms with van der Waals surface area (Å²) in [7, 11) is 0. The molecule has 1 saturated carbocycles. The Hall–Kier alpha value is -0.290. The van der Waals surface area contributed by atoms with Crippen LogP contribution in [0.3, 0.4) is 0 Å². The van der Waals surface area contributed by atoms with Crippen LogP contribution in [0.1, 0.15) is 19.3 Å². The molecule has 1 rings (SSSR count). The first-order chi connectivity index (χ1) is 4.97. The summed E-state index contributed by atoms with van der Waals surface area (Å²) >= 11 is 0. The normalized spacial score (nSPS) is 32.7. The summed E-state index contributed by atoms with van der Waals surface area (Å²) in [4.78, 5) is 0. The van der Waals surface area contributed by atoms with Crippen molar-refractivity contribution < 1.29 is 17.9 Å². The summed E-state index contributed by atoms with van der Waals surface area (Å²) in [5.41, 5.74) is 5.40. The molecule has 1 aliphatic rings.